The monoisotopic (exact) mass is 338 g/mol. The third-order valence-electron chi connectivity index (χ3n) is 4.31. The lowest BCUT2D eigenvalue weighted by Gasteiger charge is -2.18. The number of ether oxygens (including phenoxy) is 2. The molecular formula is C20H22N2O3. The molecule has 0 aliphatic heterocycles. The van der Waals surface area contributed by atoms with E-state index in [1.54, 1.807) is 19.1 Å². The van der Waals surface area contributed by atoms with Crippen LogP contribution in [0.1, 0.15) is 11.1 Å². The molecule has 1 amide bonds. The van der Waals surface area contributed by atoms with Crippen molar-refractivity contribution >= 4 is 16.8 Å². The van der Waals surface area contributed by atoms with Gasteiger partial charge in [0, 0.05) is 30.7 Å². The molecule has 0 unspecified atom stereocenters. The van der Waals surface area contributed by atoms with Crippen LogP contribution in [0.2, 0.25) is 0 Å². The van der Waals surface area contributed by atoms with Crippen molar-refractivity contribution in [2.45, 2.75) is 13.0 Å². The van der Waals surface area contributed by atoms with E-state index < -0.39 is 0 Å². The second-order valence-electron chi connectivity index (χ2n) is 5.98. The normalized spacial score (nSPS) is 10.7. The molecule has 0 fully saturated rings. The second kappa shape index (κ2) is 7.30. The predicted octanol–water partition coefficient (Wildman–Crippen LogP) is 3.39. The number of hydrogen-bond acceptors (Lipinski definition) is 3. The van der Waals surface area contributed by atoms with E-state index in [0.717, 1.165) is 22.0 Å². The number of aromatic nitrogens is 1. The van der Waals surface area contributed by atoms with Crippen LogP contribution in [0.15, 0.2) is 48.7 Å². The van der Waals surface area contributed by atoms with E-state index >= 15 is 0 Å². The average molecular weight is 338 g/mol. The van der Waals surface area contributed by atoms with Gasteiger partial charge in [-0.3, -0.25) is 4.79 Å². The molecule has 1 aromatic heterocycles. The Labute approximate surface area is 147 Å². The fraction of sp³-hybridized carbons (Fsp3) is 0.250. The Bertz CT molecular complexity index is 886. The molecule has 0 bridgehead atoms. The van der Waals surface area contributed by atoms with Gasteiger partial charge >= 0.3 is 0 Å². The zero-order valence-corrected chi connectivity index (χ0v) is 14.7. The minimum Gasteiger partial charge on any atom is -0.493 e. The van der Waals surface area contributed by atoms with Crippen LogP contribution in [-0.2, 0) is 17.8 Å². The number of H-pyrrole nitrogens is 1. The maximum atomic E-state index is 12.6. The smallest absolute Gasteiger partial charge is 0.227 e. The Kier molecular flexibility index (Phi) is 4.93. The van der Waals surface area contributed by atoms with Crippen LogP contribution < -0.4 is 9.47 Å². The molecule has 3 rings (SSSR count). The van der Waals surface area contributed by atoms with Crippen molar-refractivity contribution in [3.8, 4) is 11.5 Å². The van der Waals surface area contributed by atoms with E-state index in [2.05, 4.69) is 4.98 Å². The van der Waals surface area contributed by atoms with Gasteiger partial charge in [-0.2, -0.15) is 0 Å². The van der Waals surface area contributed by atoms with Gasteiger partial charge < -0.3 is 19.4 Å². The molecule has 0 spiro atoms. The second-order valence-corrected chi connectivity index (χ2v) is 5.98. The number of fused-ring (bicyclic) bond motifs is 1. The summed E-state index contributed by atoms with van der Waals surface area (Å²) in [5.41, 5.74) is 3.06. The molecule has 0 saturated carbocycles. The number of likely N-dealkylation sites (N-methyl/N-ethyl adjacent to an activating group) is 1. The van der Waals surface area contributed by atoms with E-state index in [1.165, 1.54) is 0 Å². The molecule has 0 aliphatic rings. The van der Waals surface area contributed by atoms with Gasteiger partial charge in [0.15, 0.2) is 11.5 Å². The van der Waals surface area contributed by atoms with Gasteiger partial charge in [0.2, 0.25) is 5.91 Å². The molecule has 3 aromatic rings. The van der Waals surface area contributed by atoms with E-state index in [1.807, 2.05) is 55.7 Å². The number of methoxy groups -OCH3 is 2. The Morgan fingerprint density at radius 3 is 2.60 bits per heavy atom. The Hall–Kier alpha value is -2.95. The molecule has 0 saturated heterocycles. The molecule has 130 valence electrons. The minimum absolute atomic E-state index is 0.0690. The fourth-order valence-corrected chi connectivity index (χ4v) is 2.92. The first-order chi connectivity index (χ1) is 12.1. The zero-order chi connectivity index (χ0) is 17.8. The number of hydrogen-bond donors (Lipinski definition) is 1. The fourth-order valence-electron chi connectivity index (χ4n) is 2.92. The van der Waals surface area contributed by atoms with Crippen molar-refractivity contribution < 1.29 is 14.3 Å². The topological polar surface area (TPSA) is 54.6 Å². The van der Waals surface area contributed by atoms with Crippen LogP contribution in [0.3, 0.4) is 0 Å². The van der Waals surface area contributed by atoms with Crippen molar-refractivity contribution in [1.82, 2.24) is 9.88 Å². The highest BCUT2D eigenvalue weighted by molar-refractivity contribution is 5.88. The van der Waals surface area contributed by atoms with Crippen molar-refractivity contribution in [2.24, 2.45) is 0 Å². The summed E-state index contributed by atoms with van der Waals surface area (Å²) < 4.78 is 10.6. The summed E-state index contributed by atoms with van der Waals surface area (Å²) in [5, 5.41) is 1.09. The van der Waals surface area contributed by atoms with E-state index in [0.29, 0.717) is 24.5 Å². The number of rotatable bonds is 6. The van der Waals surface area contributed by atoms with Gasteiger partial charge in [0.1, 0.15) is 0 Å². The van der Waals surface area contributed by atoms with Crippen molar-refractivity contribution in [1.29, 1.82) is 0 Å². The number of aromatic amines is 1. The third-order valence-corrected chi connectivity index (χ3v) is 4.31. The highest BCUT2D eigenvalue weighted by atomic mass is 16.5. The minimum atomic E-state index is 0.0690. The molecule has 1 N–H and O–H groups in total. The van der Waals surface area contributed by atoms with Gasteiger partial charge in [-0.05, 0) is 29.3 Å². The summed E-state index contributed by atoms with van der Waals surface area (Å²) >= 11 is 0. The lowest BCUT2D eigenvalue weighted by molar-refractivity contribution is -0.129. The SMILES string of the molecule is COc1ccc(CN(C)C(=O)Cc2c[nH]c3ccccc23)cc1OC. The van der Waals surface area contributed by atoms with Crippen LogP contribution in [0, 0.1) is 0 Å². The maximum absolute atomic E-state index is 12.6. The third kappa shape index (κ3) is 3.60. The molecule has 2 aromatic carbocycles. The van der Waals surface area contributed by atoms with Gasteiger partial charge in [-0.1, -0.05) is 24.3 Å². The molecule has 0 radical (unpaired) electrons. The van der Waals surface area contributed by atoms with Crippen LogP contribution in [-0.4, -0.2) is 37.1 Å². The number of amides is 1. The molecular weight excluding hydrogens is 316 g/mol. The molecule has 1 heterocycles. The lowest BCUT2D eigenvalue weighted by Crippen LogP contribution is -2.27. The Balaban J connectivity index is 1.70. The van der Waals surface area contributed by atoms with Crippen LogP contribution in [0.5, 0.6) is 11.5 Å². The van der Waals surface area contributed by atoms with Gasteiger partial charge in [-0.15, -0.1) is 0 Å². The summed E-state index contributed by atoms with van der Waals surface area (Å²) in [6.45, 7) is 0.515. The average Bonchev–Trinajstić information content (AvgIpc) is 3.04. The number of nitrogens with zero attached hydrogens (tertiary/aromatic N) is 1. The molecule has 25 heavy (non-hydrogen) atoms. The molecule has 0 aliphatic carbocycles. The van der Waals surface area contributed by atoms with Crippen LogP contribution >= 0.6 is 0 Å². The summed E-state index contributed by atoms with van der Waals surface area (Å²) in [6.07, 6.45) is 2.28. The number of benzene rings is 2. The number of carbonyl (C=O) groups excluding carboxylic acids is 1. The standard InChI is InChI=1S/C20H22N2O3/c1-22(13-14-8-9-18(24-2)19(10-14)25-3)20(23)11-15-12-21-17-7-5-4-6-16(15)17/h4-10,12,21H,11,13H2,1-3H3. The number of para-hydroxylation sites is 1. The summed E-state index contributed by atoms with van der Waals surface area (Å²) in [5.74, 6) is 1.41. The first-order valence-electron chi connectivity index (χ1n) is 8.12. The van der Waals surface area contributed by atoms with Crippen molar-refractivity contribution in [2.75, 3.05) is 21.3 Å². The summed E-state index contributed by atoms with van der Waals surface area (Å²) in [7, 11) is 5.02. The molecule has 0 atom stereocenters. The van der Waals surface area contributed by atoms with E-state index in [4.69, 9.17) is 9.47 Å². The summed E-state index contributed by atoms with van der Waals surface area (Å²) in [6, 6.07) is 13.7. The number of carbonyl (C=O) groups is 1. The maximum Gasteiger partial charge on any atom is 0.227 e. The van der Waals surface area contributed by atoms with Crippen LogP contribution in [0.25, 0.3) is 10.9 Å². The largest absolute Gasteiger partial charge is 0.493 e. The van der Waals surface area contributed by atoms with Gasteiger partial charge in [0.05, 0.1) is 20.6 Å². The van der Waals surface area contributed by atoms with E-state index in [-0.39, 0.29) is 5.91 Å². The van der Waals surface area contributed by atoms with Crippen molar-refractivity contribution in [3.63, 3.8) is 0 Å². The first kappa shape index (κ1) is 16.9. The number of nitrogens with one attached hydrogen (secondary N) is 1. The lowest BCUT2D eigenvalue weighted by atomic mass is 10.1. The Morgan fingerprint density at radius 2 is 1.84 bits per heavy atom. The predicted molar refractivity (Wildman–Crippen MR) is 98.0 cm³/mol. The van der Waals surface area contributed by atoms with E-state index in [9.17, 15) is 4.79 Å². The van der Waals surface area contributed by atoms with Gasteiger partial charge in [-0.25, -0.2) is 0 Å². The highest BCUT2D eigenvalue weighted by Gasteiger charge is 2.14. The first-order valence-corrected chi connectivity index (χ1v) is 8.12. The van der Waals surface area contributed by atoms with Crippen molar-refractivity contribution in [3.05, 3.63) is 59.8 Å². The zero-order valence-electron chi connectivity index (χ0n) is 14.7. The molecule has 5 heteroatoms. The highest BCUT2D eigenvalue weighted by Crippen LogP contribution is 2.28. The summed E-state index contributed by atoms with van der Waals surface area (Å²) in [4.78, 5) is 17.5. The van der Waals surface area contributed by atoms with Crippen LogP contribution in [0.4, 0.5) is 0 Å². The Morgan fingerprint density at radius 1 is 1.08 bits per heavy atom. The quantitative estimate of drug-likeness (QED) is 0.749. The van der Waals surface area contributed by atoms with Gasteiger partial charge in [0.25, 0.3) is 0 Å². The molecule has 5 nitrogen and oxygen atoms in total.